The number of aryl methyl sites for hydroxylation is 1. The van der Waals surface area contributed by atoms with Gasteiger partial charge in [-0.1, -0.05) is 23.8 Å². The van der Waals surface area contributed by atoms with Crippen LogP contribution in [0, 0.1) is 6.92 Å². The predicted octanol–water partition coefficient (Wildman–Crippen LogP) is 3.91. The highest BCUT2D eigenvalue weighted by Gasteiger charge is 2.06. The Morgan fingerprint density at radius 2 is 1.85 bits per heavy atom. The van der Waals surface area contributed by atoms with Crippen LogP contribution in [0.15, 0.2) is 42.5 Å². The molecule has 2 rings (SSSR count). The molecule has 3 nitrogen and oxygen atoms in total. The molecule has 0 aliphatic carbocycles. The SMILES string of the molecule is CCOc1cccc(Oc2ccc(C)cc2CNC)c1. The van der Waals surface area contributed by atoms with Crippen LogP contribution >= 0.6 is 0 Å². The summed E-state index contributed by atoms with van der Waals surface area (Å²) >= 11 is 0. The van der Waals surface area contributed by atoms with Gasteiger partial charge in [0.1, 0.15) is 17.2 Å². The molecule has 0 spiro atoms. The number of ether oxygens (including phenoxy) is 2. The van der Waals surface area contributed by atoms with E-state index in [1.165, 1.54) is 5.56 Å². The molecule has 1 N–H and O–H groups in total. The van der Waals surface area contributed by atoms with Crippen molar-refractivity contribution >= 4 is 0 Å². The largest absolute Gasteiger partial charge is 0.494 e. The van der Waals surface area contributed by atoms with Crippen LogP contribution in [-0.2, 0) is 6.54 Å². The number of hydrogen-bond acceptors (Lipinski definition) is 3. The third-order valence-corrected chi connectivity index (χ3v) is 2.93. The van der Waals surface area contributed by atoms with Gasteiger partial charge in [0.2, 0.25) is 0 Å². The van der Waals surface area contributed by atoms with Gasteiger partial charge >= 0.3 is 0 Å². The van der Waals surface area contributed by atoms with Gasteiger partial charge in [0.15, 0.2) is 0 Å². The summed E-state index contributed by atoms with van der Waals surface area (Å²) in [5.74, 6) is 2.49. The summed E-state index contributed by atoms with van der Waals surface area (Å²) in [6, 6.07) is 13.9. The first-order valence-corrected chi connectivity index (χ1v) is 6.87. The first kappa shape index (κ1) is 14.4. The lowest BCUT2D eigenvalue weighted by atomic mass is 10.1. The fourth-order valence-corrected chi connectivity index (χ4v) is 2.06. The third-order valence-electron chi connectivity index (χ3n) is 2.93. The summed E-state index contributed by atoms with van der Waals surface area (Å²) in [6.07, 6.45) is 0. The zero-order valence-corrected chi connectivity index (χ0v) is 12.3. The molecule has 0 bridgehead atoms. The fourth-order valence-electron chi connectivity index (χ4n) is 2.06. The van der Waals surface area contributed by atoms with E-state index in [0.717, 1.165) is 29.4 Å². The zero-order chi connectivity index (χ0) is 14.4. The molecule has 0 unspecified atom stereocenters. The lowest BCUT2D eigenvalue weighted by Crippen LogP contribution is -2.06. The summed E-state index contributed by atoms with van der Waals surface area (Å²) in [7, 11) is 1.93. The van der Waals surface area contributed by atoms with E-state index in [2.05, 4.69) is 24.4 Å². The highest BCUT2D eigenvalue weighted by atomic mass is 16.5. The monoisotopic (exact) mass is 271 g/mol. The van der Waals surface area contributed by atoms with Crippen molar-refractivity contribution in [1.82, 2.24) is 5.32 Å². The molecule has 3 heteroatoms. The highest BCUT2D eigenvalue weighted by Crippen LogP contribution is 2.28. The van der Waals surface area contributed by atoms with Crippen molar-refractivity contribution < 1.29 is 9.47 Å². The van der Waals surface area contributed by atoms with Gasteiger partial charge in [-0.3, -0.25) is 0 Å². The van der Waals surface area contributed by atoms with Gasteiger partial charge in [0.05, 0.1) is 6.61 Å². The van der Waals surface area contributed by atoms with Crippen LogP contribution < -0.4 is 14.8 Å². The Hall–Kier alpha value is -2.00. The van der Waals surface area contributed by atoms with E-state index < -0.39 is 0 Å². The van der Waals surface area contributed by atoms with Crippen molar-refractivity contribution in [3.8, 4) is 17.2 Å². The maximum Gasteiger partial charge on any atom is 0.131 e. The average Bonchev–Trinajstić information content (AvgIpc) is 2.43. The Kier molecular flexibility index (Phi) is 5.02. The molecular formula is C17H21NO2. The van der Waals surface area contributed by atoms with Crippen LogP contribution in [0.5, 0.6) is 17.2 Å². The van der Waals surface area contributed by atoms with Crippen molar-refractivity contribution in [2.24, 2.45) is 0 Å². The Morgan fingerprint density at radius 3 is 2.60 bits per heavy atom. The molecule has 0 fully saturated rings. The molecule has 106 valence electrons. The Labute approximate surface area is 120 Å². The minimum atomic E-state index is 0.652. The quantitative estimate of drug-likeness (QED) is 0.864. The highest BCUT2D eigenvalue weighted by molar-refractivity contribution is 5.42. The molecule has 0 atom stereocenters. The maximum absolute atomic E-state index is 5.98. The first-order chi connectivity index (χ1) is 9.72. The molecule has 0 amide bonds. The molecule has 20 heavy (non-hydrogen) atoms. The zero-order valence-electron chi connectivity index (χ0n) is 12.3. The van der Waals surface area contributed by atoms with E-state index >= 15 is 0 Å². The summed E-state index contributed by atoms with van der Waals surface area (Å²) in [4.78, 5) is 0. The molecule has 2 aromatic carbocycles. The van der Waals surface area contributed by atoms with Crippen molar-refractivity contribution in [3.63, 3.8) is 0 Å². The normalized spacial score (nSPS) is 10.3. The van der Waals surface area contributed by atoms with Gasteiger partial charge in [0, 0.05) is 18.2 Å². The lowest BCUT2D eigenvalue weighted by Gasteiger charge is -2.13. The maximum atomic E-state index is 5.98. The van der Waals surface area contributed by atoms with Crippen LogP contribution in [0.2, 0.25) is 0 Å². The summed E-state index contributed by atoms with van der Waals surface area (Å²) in [6.45, 7) is 5.48. The molecule has 2 aromatic rings. The third kappa shape index (κ3) is 3.75. The molecular weight excluding hydrogens is 250 g/mol. The first-order valence-electron chi connectivity index (χ1n) is 6.87. The van der Waals surface area contributed by atoms with Gasteiger partial charge in [-0.2, -0.15) is 0 Å². The van der Waals surface area contributed by atoms with Gasteiger partial charge in [-0.05, 0) is 39.1 Å². The number of nitrogens with one attached hydrogen (secondary N) is 1. The van der Waals surface area contributed by atoms with E-state index in [1.54, 1.807) is 0 Å². The van der Waals surface area contributed by atoms with Crippen LogP contribution in [0.3, 0.4) is 0 Å². The molecule has 0 aromatic heterocycles. The number of hydrogen-bond donors (Lipinski definition) is 1. The van der Waals surface area contributed by atoms with Gasteiger partial charge in [0.25, 0.3) is 0 Å². The molecule has 0 saturated carbocycles. The van der Waals surface area contributed by atoms with Crippen LogP contribution in [0.25, 0.3) is 0 Å². The van der Waals surface area contributed by atoms with Crippen LogP contribution in [-0.4, -0.2) is 13.7 Å². The minimum absolute atomic E-state index is 0.652. The standard InChI is InChI=1S/C17H21NO2/c1-4-19-15-6-5-7-16(11-15)20-17-9-8-13(2)10-14(17)12-18-3/h5-11,18H,4,12H2,1-3H3. The van der Waals surface area contributed by atoms with Crippen molar-refractivity contribution in [3.05, 3.63) is 53.6 Å². The summed E-state index contributed by atoms with van der Waals surface area (Å²) in [5, 5.41) is 3.16. The van der Waals surface area contributed by atoms with E-state index in [9.17, 15) is 0 Å². The average molecular weight is 271 g/mol. The van der Waals surface area contributed by atoms with Gasteiger partial charge < -0.3 is 14.8 Å². The van der Waals surface area contributed by atoms with Gasteiger partial charge in [-0.25, -0.2) is 0 Å². The van der Waals surface area contributed by atoms with E-state index in [1.807, 2.05) is 44.3 Å². The molecule has 0 aliphatic rings. The van der Waals surface area contributed by atoms with Crippen molar-refractivity contribution in [1.29, 1.82) is 0 Å². The summed E-state index contributed by atoms with van der Waals surface area (Å²) < 4.78 is 11.5. The Balaban J connectivity index is 2.22. The van der Waals surface area contributed by atoms with Crippen LogP contribution in [0.4, 0.5) is 0 Å². The number of benzene rings is 2. The fraction of sp³-hybridized carbons (Fsp3) is 0.294. The number of rotatable bonds is 6. The topological polar surface area (TPSA) is 30.5 Å². The second kappa shape index (κ2) is 6.96. The molecule has 0 saturated heterocycles. The summed E-state index contributed by atoms with van der Waals surface area (Å²) in [5.41, 5.74) is 2.37. The van der Waals surface area contributed by atoms with Crippen LogP contribution in [0.1, 0.15) is 18.1 Å². The Bertz CT molecular complexity index is 567. The minimum Gasteiger partial charge on any atom is -0.494 e. The second-order valence-electron chi connectivity index (χ2n) is 4.65. The second-order valence-corrected chi connectivity index (χ2v) is 4.65. The smallest absolute Gasteiger partial charge is 0.131 e. The van der Waals surface area contributed by atoms with Crippen molar-refractivity contribution in [2.75, 3.05) is 13.7 Å². The molecule has 0 heterocycles. The van der Waals surface area contributed by atoms with Crippen molar-refractivity contribution in [2.45, 2.75) is 20.4 Å². The van der Waals surface area contributed by atoms with E-state index in [4.69, 9.17) is 9.47 Å². The Morgan fingerprint density at radius 1 is 1.05 bits per heavy atom. The lowest BCUT2D eigenvalue weighted by molar-refractivity contribution is 0.338. The predicted molar refractivity (Wildman–Crippen MR) is 81.6 cm³/mol. The molecule has 0 radical (unpaired) electrons. The molecule has 0 aliphatic heterocycles. The van der Waals surface area contributed by atoms with Gasteiger partial charge in [-0.15, -0.1) is 0 Å². The van der Waals surface area contributed by atoms with E-state index in [-0.39, 0.29) is 0 Å². The van der Waals surface area contributed by atoms with E-state index in [0.29, 0.717) is 6.61 Å².